The van der Waals surface area contributed by atoms with Crippen molar-refractivity contribution in [2.75, 3.05) is 0 Å². The van der Waals surface area contributed by atoms with Gasteiger partial charge in [-0.3, -0.25) is 4.79 Å². The third-order valence-electron chi connectivity index (χ3n) is 6.20. The van der Waals surface area contributed by atoms with E-state index in [4.69, 9.17) is 9.47 Å². The van der Waals surface area contributed by atoms with Gasteiger partial charge in [-0.1, -0.05) is 70.6 Å². The van der Waals surface area contributed by atoms with Crippen LogP contribution in [0.3, 0.4) is 0 Å². The van der Waals surface area contributed by atoms with E-state index in [1.807, 2.05) is 13.0 Å². The topological polar surface area (TPSA) is 72.8 Å². The van der Waals surface area contributed by atoms with E-state index < -0.39 is 6.10 Å². The first-order chi connectivity index (χ1) is 14.0. The van der Waals surface area contributed by atoms with Gasteiger partial charge in [-0.25, -0.2) is 4.79 Å². The van der Waals surface area contributed by atoms with E-state index in [2.05, 4.69) is 0 Å². The fourth-order valence-electron chi connectivity index (χ4n) is 4.36. The molecular weight excluding hydrogens is 368 g/mol. The fourth-order valence-corrected chi connectivity index (χ4v) is 4.36. The first-order valence-corrected chi connectivity index (χ1v) is 11.8. The Labute approximate surface area is 176 Å². The van der Waals surface area contributed by atoms with Crippen LogP contribution in [0.5, 0.6) is 0 Å². The van der Waals surface area contributed by atoms with Gasteiger partial charge < -0.3 is 14.6 Å². The molecule has 1 fully saturated rings. The van der Waals surface area contributed by atoms with Crippen LogP contribution in [0.15, 0.2) is 11.6 Å². The van der Waals surface area contributed by atoms with Gasteiger partial charge in [0.2, 0.25) is 0 Å². The minimum absolute atomic E-state index is 0.0414. The summed E-state index contributed by atoms with van der Waals surface area (Å²) in [4.78, 5) is 23.1. The molecule has 0 aromatic rings. The van der Waals surface area contributed by atoms with Crippen molar-refractivity contribution in [3.05, 3.63) is 11.6 Å². The highest BCUT2D eigenvalue weighted by Gasteiger charge is 2.40. The molecule has 2 heterocycles. The highest BCUT2D eigenvalue weighted by molar-refractivity contribution is 5.90. The van der Waals surface area contributed by atoms with Crippen LogP contribution in [0.4, 0.5) is 0 Å². The van der Waals surface area contributed by atoms with E-state index in [0.717, 1.165) is 37.7 Å². The molecule has 0 spiro atoms. The number of hydrogen-bond acceptors (Lipinski definition) is 5. The number of cyclic esters (lactones) is 2. The number of ether oxygens (including phenoxy) is 2. The Bertz CT molecular complexity index is 541. The van der Waals surface area contributed by atoms with E-state index in [-0.39, 0.29) is 30.1 Å². The standard InChI is InChI=1S/C24H40O5/c1-18-17-20(23(26)28-18)15-13-11-9-7-5-3-4-6-8-10-12-14-16-21-22(25)19(2)29-24(21)27/h17-19,21-22,25H,3-16H2,1-2H3. The zero-order chi connectivity index (χ0) is 21.1. The summed E-state index contributed by atoms with van der Waals surface area (Å²) in [6.07, 6.45) is 17.2. The molecule has 1 saturated heterocycles. The fraction of sp³-hybridized carbons (Fsp3) is 0.833. The predicted molar refractivity (Wildman–Crippen MR) is 113 cm³/mol. The molecule has 1 N–H and O–H groups in total. The smallest absolute Gasteiger partial charge is 0.334 e. The molecule has 0 radical (unpaired) electrons. The first-order valence-electron chi connectivity index (χ1n) is 11.8. The molecule has 166 valence electrons. The lowest BCUT2D eigenvalue weighted by Crippen LogP contribution is -2.24. The molecule has 2 aliphatic rings. The number of esters is 2. The minimum atomic E-state index is -0.623. The number of carbonyl (C=O) groups excluding carboxylic acids is 2. The molecule has 0 aromatic carbocycles. The van der Waals surface area contributed by atoms with Crippen LogP contribution in [0, 0.1) is 5.92 Å². The maximum atomic E-state index is 11.6. The number of rotatable bonds is 15. The summed E-state index contributed by atoms with van der Waals surface area (Å²) in [5, 5.41) is 9.92. The van der Waals surface area contributed by atoms with Crippen molar-refractivity contribution in [3.8, 4) is 0 Å². The largest absolute Gasteiger partial charge is 0.460 e. The number of unbranched alkanes of at least 4 members (excludes halogenated alkanes) is 11. The molecule has 4 unspecified atom stereocenters. The lowest BCUT2D eigenvalue weighted by molar-refractivity contribution is -0.144. The number of aliphatic hydroxyl groups is 1. The summed E-state index contributed by atoms with van der Waals surface area (Å²) in [7, 11) is 0. The van der Waals surface area contributed by atoms with E-state index in [9.17, 15) is 14.7 Å². The summed E-state index contributed by atoms with van der Waals surface area (Å²) >= 11 is 0. The average Bonchev–Trinajstić information content (AvgIpc) is 3.13. The van der Waals surface area contributed by atoms with Crippen LogP contribution >= 0.6 is 0 Å². The third-order valence-corrected chi connectivity index (χ3v) is 6.20. The lowest BCUT2D eigenvalue weighted by Gasteiger charge is -2.11. The van der Waals surface area contributed by atoms with Crippen LogP contribution in [0.25, 0.3) is 0 Å². The normalized spacial score (nSPS) is 26.5. The van der Waals surface area contributed by atoms with Crippen molar-refractivity contribution in [3.63, 3.8) is 0 Å². The van der Waals surface area contributed by atoms with Gasteiger partial charge in [0.25, 0.3) is 0 Å². The van der Waals surface area contributed by atoms with E-state index in [1.54, 1.807) is 6.92 Å². The van der Waals surface area contributed by atoms with Gasteiger partial charge in [-0.2, -0.15) is 0 Å². The minimum Gasteiger partial charge on any atom is -0.460 e. The average molecular weight is 409 g/mol. The quantitative estimate of drug-likeness (QED) is 0.296. The summed E-state index contributed by atoms with van der Waals surface area (Å²) in [6.45, 7) is 3.67. The van der Waals surface area contributed by atoms with Crippen LogP contribution in [-0.4, -0.2) is 35.4 Å². The van der Waals surface area contributed by atoms with E-state index >= 15 is 0 Å². The van der Waals surface area contributed by atoms with Gasteiger partial charge in [0.05, 0.1) is 5.92 Å². The van der Waals surface area contributed by atoms with Crippen LogP contribution in [0.2, 0.25) is 0 Å². The molecular formula is C24H40O5. The van der Waals surface area contributed by atoms with Gasteiger partial charge >= 0.3 is 11.9 Å². The molecule has 0 aliphatic carbocycles. The number of carbonyl (C=O) groups is 2. The molecule has 2 aliphatic heterocycles. The van der Waals surface area contributed by atoms with Crippen molar-refractivity contribution >= 4 is 11.9 Å². The summed E-state index contributed by atoms with van der Waals surface area (Å²) < 4.78 is 10.2. The summed E-state index contributed by atoms with van der Waals surface area (Å²) in [6, 6.07) is 0. The summed E-state index contributed by atoms with van der Waals surface area (Å²) in [5.41, 5.74) is 0.867. The second-order valence-corrected chi connectivity index (χ2v) is 8.82. The van der Waals surface area contributed by atoms with Crippen molar-refractivity contribution in [1.29, 1.82) is 0 Å². The number of aliphatic hydroxyl groups excluding tert-OH is 1. The van der Waals surface area contributed by atoms with Gasteiger partial charge in [0, 0.05) is 5.57 Å². The second kappa shape index (κ2) is 13.0. The van der Waals surface area contributed by atoms with E-state index in [0.29, 0.717) is 0 Å². The van der Waals surface area contributed by atoms with Gasteiger partial charge in [0.1, 0.15) is 18.3 Å². The Morgan fingerprint density at radius 1 is 0.793 bits per heavy atom. The molecule has 0 saturated carbocycles. The summed E-state index contributed by atoms with van der Waals surface area (Å²) in [5.74, 6) is -0.652. The molecule has 2 rings (SSSR count). The highest BCUT2D eigenvalue weighted by Crippen LogP contribution is 2.26. The first kappa shape index (κ1) is 23.9. The molecule has 5 heteroatoms. The van der Waals surface area contributed by atoms with E-state index in [1.165, 1.54) is 57.8 Å². The Kier molecular flexibility index (Phi) is 10.8. The number of hydrogen-bond donors (Lipinski definition) is 1. The third kappa shape index (κ3) is 8.49. The van der Waals surface area contributed by atoms with Crippen LogP contribution < -0.4 is 0 Å². The SMILES string of the molecule is CC1C=C(CCCCCCCCCCCCCCC2C(=O)OC(C)C2O)C(=O)O1. The molecule has 0 aromatic heterocycles. The second-order valence-electron chi connectivity index (χ2n) is 8.82. The molecule has 0 bridgehead atoms. The maximum absolute atomic E-state index is 11.6. The molecule has 4 atom stereocenters. The monoisotopic (exact) mass is 408 g/mol. The zero-order valence-electron chi connectivity index (χ0n) is 18.4. The molecule has 0 amide bonds. The lowest BCUT2D eigenvalue weighted by atomic mass is 9.95. The zero-order valence-corrected chi connectivity index (χ0v) is 18.4. The predicted octanol–water partition coefficient (Wildman–Crippen LogP) is 5.24. The van der Waals surface area contributed by atoms with Crippen molar-refractivity contribution in [1.82, 2.24) is 0 Å². The van der Waals surface area contributed by atoms with Gasteiger partial charge in [-0.05, 0) is 39.2 Å². The Balaban J connectivity index is 1.31. The van der Waals surface area contributed by atoms with Crippen molar-refractivity contribution in [2.24, 2.45) is 5.92 Å². The van der Waals surface area contributed by atoms with Gasteiger partial charge in [0.15, 0.2) is 0 Å². The van der Waals surface area contributed by atoms with Crippen molar-refractivity contribution < 1.29 is 24.2 Å². The maximum Gasteiger partial charge on any atom is 0.334 e. The van der Waals surface area contributed by atoms with Crippen LogP contribution in [-0.2, 0) is 19.1 Å². The Morgan fingerprint density at radius 3 is 1.76 bits per heavy atom. The van der Waals surface area contributed by atoms with Crippen LogP contribution in [0.1, 0.15) is 104 Å². The Morgan fingerprint density at radius 2 is 1.31 bits per heavy atom. The molecule has 29 heavy (non-hydrogen) atoms. The molecule has 5 nitrogen and oxygen atoms in total. The van der Waals surface area contributed by atoms with Gasteiger partial charge in [-0.15, -0.1) is 0 Å². The highest BCUT2D eigenvalue weighted by atomic mass is 16.6. The van der Waals surface area contributed by atoms with Crippen molar-refractivity contribution in [2.45, 2.75) is 122 Å². The Hall–Kier alpha value is -1.36.